The maximum Gasteiger partial charge on any atom is 0.270 e. The van der Waals surface area contributed by atoms with Gasteiger partial charge in [0.1, 0.15) is 0 Å². The molecule has 1 amide bonds. The van der Waals surface area contributed by atoms with Crippen molar-refractivity contribution in [1.29, 1.82) is 0 Å². The zero-order valence-corrected chi connectivity index (χ0v) is 17.3. The molecule has 1 aromatic heterocycles. The van der Waals surface area contributed by atoms with Crippen LogP contribution in [0.25, 0.3) is 0 Å². The number of sulfonamides is 1. The Morgan fingerprint density at radius 1 is 1.13 bits per heavy atom. The first kappa shape index (κ1) is 20.0. The van der Waals surface area contributed by atoms with Crippen molar-refractivity contribution in [3.8, 4) is 0 Å². The highest BCUT2D eigenvalue weighted by molar-refractivity contribution is 7.92. The normalized spacial score (nSPS) is 13.5. The van der Waals surface area contributed by atoms with Crippen LogP contribution < -0.4 is 9.62 Å². The molecule has 3 aromatic rings. The molecule has 4 rings (SSSR count). The summed E-state index contributed by atoms with van der Waals surface area (Å²) in [5.41, 5.74) is 1.67. The summed E-state index contributed by atoms with van der Waals surface area (Å²) in [6.45, 7) is 0.600. The standard InChI is InChI=1S/C20H17N3O5S2/c24-20(19-7-3-11-29-19)22-10-2-4-14-12-15(8-9-18(14)22)21-30(27,28)17-6-1-5-16(13-17)23(25)26/h1,3,5-9,11-13,21H,2,4,10H2. The summed E-state index contributed by atoms with van der Waals surface area (Å²) in [6.07, 6.45) is 1.49. The van der Waals surface area contributed by atoms with E-state index in [0.29, 0.717) is 17.1 Å². The Morgan fingerprint density at radius 2 is 1.97 bits per heavy atom. The van der Waals surface area contributed by atoms with Crippen LogP contribution in [-0.2, 0) is 16.4 Å². The van der Waals surface area contributed by atoms with E-state index in [0.717, 1.165) is 30.2 Å². The fourth-order valence-corrected chi connectivity index (χ4v) is 5.14. The molecule has 10 heteroatoms. The summed E-state index contributed by atoms with van der Waals surface area (Å²) < 4.78 is 27.8. The molecule has 0 spiro atoms. The van der Waals surface area contributed by atoms with Crippen LogP contribution in [0.1, 0.15) is 21.7 Å². The zero-order chi connectivity index (χ0) is 21.3. The second-order valence-electron chi connectivity index (χ2n) is 6.74. The van der Waals surface area contributed by atoms with Crippen LogP contribution in [0.5, 0.6) is 0 Å². The maximum atomic E-state index is 12.8. The fourth-order valence-electron chi connectivity index (χ4n) is 3.38. The Balaban J connectivity index is 1.61. The van der Waals surface area contributed by atoms with Gasteiger partial charge in [0.2, 0.25) is 0 Å². The average molecular weight is 444 g/mol. The SMILES string of the molecule is O=C(c1cccs1)N1CCCc2cc(NS(=O)(=O)c3cccc([N+](=O)[O-])c3)ccc21. The lowest BCUT2D eigenvalue weighted by molar-refractivity contribution is -0.385. The third-order valence-electron chi connectivity index (χ3n) is 4.77. The molecule has 8 nitrogen and oxygen atoms in total. The van der Waals surface area contributed by atoms with Crippen molar-refractivity contribution in [2.75, 3.05) is 16.2 Å². The van der Waals surface area contributed by atoms with E-state index in [-0.39, 0.29) is 16.5 Å². The van der Waals surface area contributed by atoms with E-state index < -0.39 is 14.9 Å². The van der Waals surface area contributed by atoms with Crippen molar-refractivity contribution < 1.29 is 18.1 Å². The van der Waals surface area contributed by atoms with Gasteiger partial charge in [0.15, 0.2) is 0 Å². The molecule has 0 saturated carbocycles. The number of anilines is 2. The lowest BCUT2D eigenvalue weighted by Crippen LogP contribution is -2.35. The molecule has 0 bridgehead atoms. The van der Waals surface area contributed by atoms with Crippen molar-refractivity contribution in [3.63, 3.8) is 0 Å². The third-order valence-corrected chi connectivity index (χ3v) is 7.00. The summed E-state index contributed by atoms with van der Waals surface area (Å²) in [7, 11) is -3.99. The second kappa shape index (κ2) is 7.88. The number of hydrogen-bond donors (Lipinski definition) is 1. The molecule has 0 fully saturated rings. The first-order valence-corrected chi connectivity index (χ1v) is 11.5. The van der Waals surface area contributed by atoms with Crippen LogP contribution in [0.4, 0.5) is 17.1 Å². The van der Waals surface area contributed by atoms with Gasteiger partial charge in [0, 0.05) is 30.1 Å². The Hall–Kier alpha value is -3.24. The molecule has 0 atom stereocenters. The number of thiophene rings is 1. The molecule has 0 unspecified atom stereocenters. The molecular weight excluding hydrogens is 426 g/mol. The number of nitrogens with zero attached hydrogens (tertiary/aromatic N) is 2. The van der Waals surface area contributed by atoms with E-state index in [9.17, 15) is 23.3 Å². The number of aryl methyl sites for hydroxylation is 1. The minimum Gasteiger partial charge on any atom is -0.307 e. The Bertz CT molecular complexity index is 1220. The number of benzene rings is 2. The largest absolute Gasteiger partial charge is 0.307 e. The minimum absolute atomic E-state index is 0.0733. The number of nitrogens with one attached hydrogen (secondary N) is 1. The topological polar surface area (TPSA) is 110 Å². The highest BCUT2D eigenvalue weighted by Crippen LogP contribution is 2.32. The van der Waals surface area contributed by atoms with Gasteiger partial charge in [-0.1, -0.05) is 12.1 Å². The lowest BCUT2D eigenvalue weighted by Gasteiger charge is -2.29. The number of hydrogen-bond acceptors (Lipinski definition) is 6. The Kier molecular flexibility index (Phi) is 5.27. The molecule has 1 aliphatic rings. The van der Waals surface area contributed by atoms with Crippen molar-refractivity contribution in [3.05, 3.63) is 80.5 Å². The predicted molar refractivity (Wildman–Crippen MR) is 115 cm³/mol. The number of nitro benzene ring substituents is 1. The summed E-state index contributed by atoms with van der Waals surface area (Å²) in [4.78, 5) is 25.2. The molecule has 0 radical (unpaired) electrons. The van der Waals surface area contributed by atoms with Gasteiger partial charge < -0.3 is 4.90 Å². The summed E-state index contributed by atoms with van der Waals surface area (Å²) in [5, 5.41) is 12.8. The minimum atomic E-state index is -3.99. The fraction of sp³-hybridized carbons (Fsp3) is 0.150. The van der Waals surface area contributed by atoms with Gasteiger partial charge in [-0.05, 0) is 54.1 Å². The number of nitro groups is 1. The second-order valence-corrected chi connectivity index (χ2v) is 9.37. The van der Waals surface area contributed by atoms with E-state index in [1.165, 1.54) is 29.5 Å². The van der Waals surface area contributed by atoms with Crippen molar-refractivity contribution in [2.45, 2.75) is 17.7 Å². The van der Waals surface area contributed by atoms with Crippen LogP contribution in [0.3, 0.4) is 0 Å². The van der Waals surface area contributed by atoms with E-state index in [1.807, 2.05) is 11.4 Å². The van der Waals surface area contributed by atoms with Crippen molar-refractivity contribution in [1.82, 2.24) is 0 Å². The molecule has 0 aliphatic carbocycles. The zero-order valence-electron chi connectivity index (χ0n) is 15.6. The van der Waals surface area contributed by atoms with Crippen LogP contribution in [0, 0.1) is 10.1 Å². The number of rotatable bonds is 5. The van der Waals surface area contributed by atoms with Gasteiger partial charge >= 0.3 is 0 Å². The summed E-state index contributed by atoms with van der Waals surface area (Å²) in [6, 6.07) is 13.5. The molecule has 1 N–H and O–H groups in total. The van der Waals surface area contributed by atoms with Crippen molar-refractivity contribution in [2.24, 2.45) is 0 Å². The van der Waals surface area contributed by atoms with Gasteiger partial charge in [0.25, 0.3) is 21.6 Å². The van der Waals surface area contributed by atoms with E-state index in [4.69, 9.17) is 0 Å². The maximum absolute atomic E-state index is 12.8. The first-order chi connectivity index (χ1) is 14.3. The van der Waals surface area contributed by atoms with Crippen LogP contribution in [-0.4, -0.2) is 25.8 Å². The highest BCUT2D eigenvalue weighted by atomic mass is 32.2. The molecule has 1 aliphatic heterocycles. The van der Waals surface area contributed by atoms with Gasteiger partial charge in [-0.3, -0.25) is 19.6 Å². The van der Waals surface area contributed by atoms with Gasteiger partial charge in [-0.25, -0.2) is 8.42 Å². The van der Waals surface area contributed by atoms with E-state index in [2.05, 4.69) is 4.72 Å². The monoisotopic (exact) mass is 443 g/mol. The molecular formula is C20H17N3O5S2. The number of fused-ring (bicyclic) bond motifs is 1. The number of carbonyl (C=O) groups is 1. The molecule has 30 heavy (non-hydrogen) atoms. The highest BCUT2D eigenvalue weighted by Gasteiger charge is 2.25. The lowest BCUT2D eigenvalue weighted by atomic mass is 10.0. The van der Waals surface area contributed by atoms with Crippen molar-refractivity contribution >= 4 is 44.3 Å². The predicted octanol–water partition coefficient (Wildman–Crippen LogP) is 4.05. The first-order valence-electron chi connectivity index (χ1n) is 9.11. The molecule has 2 heterocycles. The Morgan fingerprint density at radius 3 is 2.70 bits per heavy atom. The molecule has 2 aromatic carbocycles. The van der Waals surface area contributed by atoms with E-state index in [1.54, 1.807) is 29.2 Å². The number of carbonyl (C=O) groups excluding carboxylic acids is 1. The van der Waals surface area contributed by atoms with Gasteiger partial charge in [-0.15, -0.1) is 11.3 Å². The van der Waals surface area contributed by atoms with Crippen LogP contribution in [0.2, 0.25) is 0 Å². The average Bonchev–Trinajstić information content (AvgIpc) is 3.27. The number of amides is 1. The smallest absolute Gasteiger partial charge is 0.270 e. The van der Waals surface area contributed by atoms with Gasteiger partial charge in [0.05, 0.1) is 14.7 Å². The van der Waals surface area contributed by atoms with E-state index >= 15 is 0 Å². The summed E-state index contributed by atoms with van der Waals surface area (Å²) >= 11 is 1.38. The van der Waals surface area contributed by atoms with Crippen LogP contribution >= 0.6 is 11.3 Å². The quantitative estimate of drug-likeness (QED) is 0.473. The third kappa shape index (κ3) is 3.91. The molecule has 0 saturated heterocycles. The molecule has 154 valence electrons. The Labute approximate surface area is 177 Å². The summed E-state index contributed by atoms with van der Waals surface area (Å²) in [5.74, 6) is -0.0733. The number of non-ortho nitro benzene ring substituents is 1. The van der Waals surface area contributed by atoms with Gasteiger partial charge in [-0.2, -0.15) is 0 Å². The van der Waals surface area contributed by atoms with Crippen LogP contribution in [0.15, 0.2) is 64.9 Å².